The predicted octanol–water partition coefficient (Wildman–Crippen LogP) is 4.73. The van der Waals surface area contributed by atoms with Crippen molar-refractivity contribution in [3.8, 4) is 0 Å². The summed E-state index contributed by atoms with van der Waals surface area (Å²) in [7, 11) is 0. The van der Waals surface area contributed by atoms with E-state index in [9.17, 15) is 9.59 Å². The molecule has 130 valence electrons. The summed E-state index contributed by atoms with van der Waals surface area (Å²) in [6.45, 7) is 1.93. The van der Waals surface area contributed by atoms with Crippen LogP contribution >= 0.6 is 23.4 Å². The average molecular weight is 375 g/mol. The van der Waals surface area contributed by atoms with E-state index in [-0.39, 0.29) is 17.7 Å². The molecule has 2 aromatic rings. The Morgan fingerprint density at radius 2 is 1.84 bits per heavy atom. The number of rotatable bonds is 6. The van der Waals surface area contributed by atoms with Crippen LogP contribution in [0, 0.1) is 12.8 Å². The highest BCUT2D eigenvalue weighted by molar-refractivity contribution is 8.00. The Morgan fingerprint density at radius 1 is 1.12 bits per heavy atom. The molecule has 0 aliphatic heterocycles. The number of carbonyl (C=O) groups excluding carboxylic acids is 2. The van der Waals surface area contributed by atoms with Crippen molar-refractivity contribution in [1.29, 1.82) is 0 Å². The molecular formula is C19H19ClN2O2S. The van der Waals surface area contributed by atoms with Gasteiger partial charge in [0.15, 0.2) is 0 Å². The van der Waals surface area contributed by atoms with Crippen molar-refractivity contribution in [3.05, 3.63) is 53.1 Å². The van der Waals surface area contributed by atoms with Gasteiger partial charge in [0.25, 0.3) is 0 Å². The number of benzene rings is 2. The van der Waals surface area contributed by atoms with E-state index in [1.54, 1.807) is 18.2 Å². The topological polar surface area (TPSA) is 58.2 Å². The van der Waals surface area contributed by atoms with Gasteiger partial charge in [0.05, 0.1) is 5.75 Å². The molecule has 25 heavy (non-hydrogen) atoms. The van der Waals surface area contributed by atoms with E-state index in [0.717, 1.165) is 29.0 Å². The highest BCUT2D eigenvalue weighted by Crippen LogP contribution is 2.31. The van der Waals surface area contributed by atoms with Crippen LogP contribution < -0.4 is 10.6 Å². The Balaban J connectivity index is 1.57. The summed E-state index contributed by atoms with van der Waals surface area (Å²) in [5.74, 6) is 0.419. The minimum atomic E-state index is -0.0891. The molecule has 0 aromatic heterocycles. The van der Waals surface area contributed by atoms with Crippen molar-refractivity contribution in [2.45, 2.75) is 24.7 Å². The summed E-state index contributed by atoms with van der Waals surface area (Å²) in [5, 5.41) is 6.49. The monoisotopic (exact) mass is 374 g/mol. The fourth-order valence-corrected chi connectivity index (χ4v) is 3.11. The van der Waals surface area contributed by atoms with Crippen LogP contribution in [0.4, 0.5) is 11.4 Å². The number of carbonyl (C=O) groups is 2. The molecule has 6 heteroatoms. The Morgan fingerprint density at radius 3 is 2.52 bits per heavy atom. The molecule has 0 radical (unpaired) electrons. The first-order chi connectivity index (χ1) is 12.0. The summed E-state index contributed by atoms with van der Waals surface area (Å²) >= 11 is 7.30. The standard InChI is InChI=1S/C19H19ClN2O2S/c1-12-2-7-15(21-19(24)13-3-4-13)10-17(12)22-18(23)11-25-16-8-5-14(20)6-9-16/h2,5-10,13H,3-4,11H2,1H3,(H,21,24)(H,22,23). The van der Waals surface area contributed by atoms with Crippen molar-refractivity contribution in [1.82, 2.24) is 0 Å². The van der Waals surface area contributed by atoms with Gasteiger partial charge in [0.2, 0.25) is 11.8 Å². The number of thioether (sulfide) groups is 1. The van der Waals surface area contributed by atoms with Crippen LogP contribution in [-0.2, 0) is 9.59 Å². The Hall–Kier alpha value is -1.98. The second kappa shape index (κ2) is 7.93. The first-order valence-corrected chi connectivity index (χ1v) is 9.47. The van der Waals surface area contributed by atoms with E-state index in [1.807, 2.05) is 31.2 Å². The van der Waals surface area contributed by atoms with Crippen LogP contribution in [-0.4, -0.2) is 17.6 Å². The summed E-state index contributed by atoms with van der Waals surface area (Å²) in [6.07, 6.45) is 1.92. The first-order valence-electron chi connectivity index (χ1n) is 8.11. The zero-order chi connectivity index (χ0) is 17.8. The van der Waals surface area contributed by atoms with Gasteiger partial charge >= 0.3 is 0 Å². The lowest BCUT2D eigenvalue weighted by molar-refractivity contribution is -0.117. The van der Waals surface area contributed by atoms with E-state index in [2.05, 4.69) is 10.6 Å². The molecule has 1 saturated carbocycles. The smallest absolute Gasteiger partial charge is 0.234 e. The van der Waals surface area contributed by atoms with Crippen LogP contribution in [0.2, 0.25) is 5.02 Å². The van der Waals surface area contributed by atoms with Gasteiger partial charge < -0.3 is 10.6 Å². The van der Waals surface area contributed by atoms with E-state index in [4.69, 9.17) is 11.6 Å². The highest BCUT2D eigenvalue weighted by atomic mass is 35.5. The molecule has 2 aromatic carbocycles. The second-order valence-corrected chi connectivity index (χ2v) is 7.57. The number of hydrogen-bond acceptors (Lipinski definition) is 3. The van der Waals surface area contributed by atoms with Crippen molar-refractivity contribution >= 4 is 46.6 Å². The molecule has 0 saturated heterocycles. The Labute approximate surface area is 156 Å². The first kappa shape index (κ1) is 17.8. The molecule has 0 heterocycles. The normalized spacial score (nSPS) is 13.4. The molecule has 0 bridgehead atoms. The molecule has 1 fully saturated rings. The van der Waals surface area contributed by atoms with Gasteiger partial charge in [-0.3, -0.25) is 9.59 Å². The van der Waals surface area contributed by atoms with Gasteiger partial charge in [-0.1, -0.05) is 17.7 Å². The highest BCUT2D eigenvalue weighted by Gasteiger charge is 2.29. The number of amides is 2. The van der Waals surface area contributed by atoms with Crippen molar-refractivity contribution in [2.24, 2.45) is 5.92 Å². The third kappa shape index (κ3) is 5.25. The molecule has 4 nitrogen and oxygen atoms in total. The number of halogens is 1. The third-order valence-electron chi connectivity index (χ3n) is 3.91. The summed E-state index contributed by atoms with van der Waals surface area (Å²) in [4.78, 5) is 25.1. The van der Waals surface area contributed by atoms with Crippen LogP contribution in [0.5, 0.6) is 0 Å². The van der Waals surface area contributed by atoms with Gasteiger partial charge in [0, 0.05) is 27.2 Å². The van der Waals surface area contributed by atoms with Gasteiger partial charge in [0.1, 0.15) is 0 Å². The van der Waals surface area contributed by atoms with Crippen molar-refractivity contribution in [2.75, 3.05) is 16.4 Å². The lowest BCUT2D eigenvalue weighted by atomic mass is 10.1. The molecule has 2 amide bonds. The van der Waals surface area contributed by atoms with E-state index < -0.39 is 0 Å². The Kier molecular flexibility index (Phi) is 5.66. The maximum Gasteiger partial charge on any atom is 0.234 e. The van der Waals surface area contributed by atoms with E-state index in [0.29, 0.717) is 16.5 Å². The summed E-state index contributed by atoms with van der Waals surface area (Å²) in [5.41, 5.74) is 2.38. The zero-order valence-electron chi connectivity index (χ0n) is 13.8. The third-order valence-corrected chi connectivity index (χ3v) is 5.17. The van der Waals surface area contributed by atoms with Gasteiger partial charge in [-0.25, -0.2) is 0 Å². The minimum Gasteiger partial charge on any atom is -0.326 e. The van der Waals surface area contributed by atoms with Gasteiger partial charge in [-0.2, -0.15) is 0 Å². The molecule has 1 aliphatic rings. The fraction of sp³-hybridized carbons (Fsp3) is 0.263. The van der Waals surface area contributed by atoms with Crippen LogP contribution in [0.15, 0.2) is 47.4 Å². The van der Waals surface area contributed by atoms with Crippen molar-refractivity contribution < 1.29 is 9.59 Å². The molecule has 1 aliphatic carbocycles. The maximum absolute atomic E-state index is 12.2. The quantitative estimate of drug-likeness (QED) is 0.719. The molecular weight excluding hydrogens is 356 g/mol. The molecule has 3 rings (SSSR count). The van der Waals surface area contributed by atoms with Gasteiger partial charge in [-0.05, 0) is 61.7 Å². The molecule has 0 unspecified atom stereocenters. The van der Waals surface area contributed by atoms with Crippen LogP contribution in [0.1, 0.15) is 18.4 Å². The molecule has 0 spiro atoms. The lowest BCUT2D eigenvalue weighted by Gasteiger charge is -2.11. The predicted molar refractivity (Wildman–Crippen MR) is 103 cm³/mol. The van der Waals surface area contributed by atoms with E-state index in [1.165, 1.54) is 11.8 Å². The summed E-state index contributed by atoms with van der Waals surface area (Å²) in [6, 6.07) is 12.9. The lowest BCUT2D eigenvalue weighted by Crippen LogP contribution is -2.16. The van der Waals surface area contributed by atoms with Crippen LogP contribution in [0.25, 0.3) is 0 Å². The van der Waals surface area contributed by atoms with Gasteiger partial charge in [-0.15, -0.1) is 11.8 Å². The minimum absolute atomic E-state index is 0.0550. The number of nitrogens with one attached hydrogen (secondary N) is 2. The fourth-order valence-electron chi connectivity index (χ4n) is 2.29. The maximum atomic E-state index is 12.2. The van der Waals surface area contributed by atoms with E-state index >= 15 is 0 Å². The van der Waals surface area contributed by atoms with Crippen molar-refractivity contribution in [3.63, 3.8) is 0 Å². The number of anilines is 2. The Bertz CT molecular complexity index is 789. The SMILES string of the molecule is Cc1ccc(NC(=O)C2CC2)cc1NC(=O)CSc1ccc(Cl)cc1. The van der Waals surface area contributed by atoms with Crippen LogP contribution in [0.3, 0.4) is 0 Å². The number of aryl methyl sites for hydroxylation is 1. The molecule has 0 atom stereocenters. The second-order valence-electron chi connectivity index (χ2n) is 6.08. The zero-order valence-corrected chi connectivity index (χ0v) is 15.4. The average Bonchev–Trinajstić information content (AvgIpc) is 3.42. The molecule has 2 N–H and O–H groups in total. The largest absolute Gasteiger partial charge is 0.326 e. The number of hydrogen-bond donors (Lipinski definition) is 2. The summed E-state index contributed by atoms with van der Waals surface area (Å²) < 4.78 is 0.